The van der Waals surface area contributed by atoms with Gasteiger partial charge in [0.15, 0.2) is 6.10 Å². The highest BCUT2D eigenvalue weighted by Crippen LogP contribution is 2.23. The van der Waals surface area contributed by atoms with Gasteiger partial charge in [0.05, 0.1) is 26.5 Å². The second-order valence-corrected chi connectivity index (χ2v) is 5.95. The molecule has 0 aliphatic heterocycles. The molecular formula is C21H25NO6. The lowest BCUT2D eigenvalue weighted by Gasteiger charge is -2.15. The van der Waals surface area contributed by atoms with Gasteiger partial charge < -0.3 is 24.3 Å². The molecule has 0 heterocycles. The van der Waals surface area contributed by atoms with Crippen LogP contribution in [0.15, 0.2) is 48.5 Å². The van der Waals surface area contributed by atoms with Crippen LogP contribution in [0.2, 0.25) is 0 Å². The van der Waals surface area contributed by atoms with Gasteiger partial charge in [0, 0.05) is 6.42 Å². The Kier molecular flexibility index (Phi) is 8.14. The van der Waals surface area contributed by atoms with Crippen LogP contribution in [0.25, 0.3) is 0 Å². The summed E-state index contributed by atoms with van der Waals surface area (Å²) < 4.78 is 21.0. The molecule has 2 rings (SSSR count). The topological polar surface area (TPSA) is 83.1 Å². The molecule has 0 saturated heterocycles. The van der Waals surface area contributed by atoms with Gasteiger partial charge in [-0.3, -0.25) is 9.59 Å². The molecule has 150 valence electrons. The highest BCUT2D eigenvalue weighted by molar-refractivity contribution is 5.96. The molecule has 1 amide bonds. The van der Waals surface area contributed by atoms with Gasteiger partial charge in [-0.15, -0.1) is 0 Å². The number of methoxy groups -OCH3 is 2. The van der Waals surface area contributed by atoms with Crippen LogP contribution in [0.4, 0.5) is 5.69 Å². The first kappa shape index (κ1) is 21.1. The van der Waals surface area contributed by atoms with Gasteiger partial charge in [-0.1, -0.05) is 12.1 Å². The first-order valence-electron chi connectivity index (χ1n) is 8.93. The summed E-state index contributed by atoms with van der Waals surface area (Å²) >= 11 is 0. The molecule has 7 nitrogen and oxygen atoms in total. The van der Waals surface area contributed by atoms with E-state index in [1.54, 1.807) is 55.6 Å². The third-order valence-electron chi connectivity index (χ3n) is 3.90. The average molecular weight is 387 g/mol. The summed E-state index contributed by atoms with van der Waals surface area (Å²) in [6.45, 7) is 1.89. The largest absolute Gasteiger partial charge is 0.497 e. The number of hydrogen-bond donors (Lipinski definition) is 1. The third-order valence-corrected chi connectivity index (χ3v) is 3.90. The first-order chi connectivity index (χ1) is 13.5. The molecular weight excluding hydrogens is 362 g/mol. The second kappa shape index (κ2) is 10.8. The summed E-state index contributed by atoms with van der Waals surface area (Å²) in [6.07, 6.45) is -0.284. The zero-order valence-corrected chi connectivity index (χ0v) is 16.3. The number of para-hydroxylation sites is 2. The number of carbonyl (C=O) groups excluding carboxylic acids is 2. The highest BCUT2D eigenvalue weighted by Gasteiger charge is 2.19. The predicted octanol–water partition coefficient (Wildman–Crippen LogP) is 3.43. The molecule has 0 fully saturated rings. The van der Waals surface area contributed by atoms with E-state index in [9.17, 15) is 9.59 Å². The lowest BCUT2D eigenvalue weighted by atomic mass is 10.2. The number of benzene rings is 2. The Hall–Kier alpha value is -3.22. The smallest absolute Gasteiger partial charge is 0.306 e. The minimum atomic E-state index is -0.917. The van der Waals surface area contributed by atoms with Crippen molar-refractivity contribution in [2.24, 2.45) is 0 Å². The maximum atomic E-state index is 12.2. The van der Waals surface area contributed by atoms with Gasteiger partial charge in [0.25, 0.3) is 5.91 Å². The summed E-state index contributed by atoms with van der Waals surface area (Å²) in [7, 11) is 3.11. The number of nitrogens with one attached hydrogen (secondary N) is 1. The van der Waals surface area contributed by atoms with E-state index in [-0.39, 0.29) is 6.42 Å². The first-order valence-corrected chi connectivity index (χ1v) is 8.93. The fourth-order valence-corrected chi connectivity index (χ4v) is 2.37. The fourth-order valence-electron chi connectivity index (χ4n) is 2.37. The van der Waals surface area contributed by atoms with E-state index in [0.717, 1.165) is 5.75 Å². The Balaban J connectivity index is 1.70. The van der Waals surface area contributed by atoms with Crippen LogP contribution in [0, 0.1) is 0 Å². The Morgan fingerprint density at radius 3 is 2.32 bits per heavy atom. The number of rotatable bonds is 10. The number of esters is 1. The molecule has 0 aromatic heterocycles. The van der Waals surface area contributed by atoms with Crippen molar-refractivity contribution >= 4 is 17.6 Å². The molecule has 28 heavy (non-hydrogen) atoms. The maximum absolute atomic E-state index is 12.2. The number of anilines is 1. The number of amides is 1. The van der Waals surface area contributed by atoms with E-state index < -0.39 is 18.0 Å². The monoisotopic (exact) mass is 387 g/mol. The Morgan fingerprint density at radius 1 is 0.964 bits per heavy atom. The van der Waals surface area contributed by atoms with Crippen LogP contribution in [-0.2, 0) is 14.3 Å². The standard InChI is InChI=1S/C21H25NO6/c1-15(21(24)22-18-7-4-5-8-19(18)26-3)28-20(23)9-6-14-27-17-12-10-16(25-2)11-13-17/h4-5,7-8,10-13,15H,6,9,14H2,1-3H3,(H,22,24)/t15-/m1/s1. The van der Waals surface area contributed by atoms with Crippen LogP contribution < -0.4 is 19.5 Å². The van der Waals surface area contributed by atoms with Crippen LogP contribution in [-0.4, -0.2) is 38.8 Å². The zero-order valence-electron chi connectivity index (χ0n) is 16.3. The zero-order chi connectivity index (χ0) is 20.4. The lowest BCUT2D eigenvalue weighted by molar-refractivity contribution is -0.153. The Bertz CT molecular complexity index is 775. The van der Waals surface area contributed by atoms with Crippen molar-refractivity contribution in [2.45, 2.75) is 25.9 Å². The molecule has 2 aromatic carbocycles. The van der Waals surface area contributed by atoms with Crippen molar-refractivity contribution in [3.63, 3.8) is 0 Å². The molecule has 2 aromatic rings. The molecule has 0 radical (unpaired) electrons. The van der Waals surface area contributed by atoms with Gasteiger partial charge in [-0.05, 0) is 49.7 Å². The van der Waals surface area contributed by atoms with E-state index in [0.29, 0.717) is 30.2 Å². The summed E-state index contributed by atoms with van der Waals surface area (Å²) in [4.78, 5) is 24.1. The van der Waals surface area contributed by atoms with Crippen LogP contribution in [0.3, 0.4) is 0 Å². The minimum absolute atomic E-state index is 0.155. The van der Waals surface area contributed by atoms with E-state index in [1.165, 1.54) is 14.0 Å². The van der Waals surface area contributed by atoms with Crippen LogP contribution in [0.1, 0.15) is 19.8 Å². The van der Waals surface area contributed by atoms with E-state index in [1.807, 2.05) is 0 Å². The molecule has 0 spiro atoms. The summed E-state index contributed by atoms with van der Waals surface area (Å²) in [5.41, 5.74) is 0.519. The van der Waals surface area contributed by atoms with Gasteiger partial charge in [-0.25, -0.2) is 0 Å². The minimum Gasteiger partial charge on any atom is -0.497 e. The van der Waals surface area contributed by atoms with Crippen molar-refractivity contribution in [3.05, 3.63) is 48.5 Å². The van der Waals surface area contributed by atoms with Crippen LogP contribution in [0.5, 0.6) is 17.2 Å². The fraction of sp³-hybridized carbons (Fsp3) is 0.333. The highest BCUT2D eigenvalue weighted by atomic mass is 16.5. The second-order valence-electron chi connectivity index (χ2n) is 5.95. The molecule has 0 aliphatic carbocycles. The van der Waals surface area contributed by atoms with Gasteiger partial charge >= 0.3 is 5.97 Å². The number of carbonyl (C=O) groups is 2. The van der Waals surface area contributed by atoms with E-state index >= 15 is 0 Å². The molecule has 1 N–H and O–H groups in total. The lowest BCUT2D eigenvalue weighted by Crippen LogP contribution is -2.30. The van der Waals surface area contributed by atoms with E-state index in [4.69, 9.17) is 18.9 Å². The molecule has 7 heteroatoms. The molecule has 0 bridgehead atoms. The molecule has 1 atom stereocenters. The molecule has 0 saturated carbocycles. The Labute approximate surface area is 164 Å². The van der Waals surface area contributed by atoms with Gasteiger partial charge in [0.2, 0.25) is 0 Å². The van der Waals surface area contributed by atoms with Crippen molar-refractivity contribution in [1.29, 1.82) is 0 Å². The van der Waals surface area contributed by atoms with E-state index in [2.05, 4.69) is 5.32 Å². The third kappa shape index (κ3) is 6.50. The normalized spacial score (nSPS) is 11.2. The molecule has 0 unspecified atom stereocenters. The Morgan fingerprint density at radius 2 is 1.64 bits per heavy atom. The van der Waals surface area contributed by atoms with Crippen molar-refractivity contribution < 1.29 is 28.5 Å². The SMILES string of the molecule is COc1ccc(OCCCC(=O)O[C@H](C)C(=O)Nc2ccccc2OC)cc1. The quantitative estimate of drug-likeness (QED) is 0.497. The van der Waals surface area contributed by atoms with Crippen molar-refractivity contribution in [2.75, 3.05) is 26.1 Å². The van der Waals surface area contributed by atoms with Crippen molar-refractivity contribution in [1.82, 2.24) is 0 Å². The predicted molar refractivity (Wildman–Crippen MR) is 105 cm³/mol. The van der Waals surface area contributed by atoms with Crippen LogP contribution >= 0.6 is 0 Å². The summed E-state index contributed by atoms with van der Waals surface area (Å²) in [6, 6.07) is 14.2. The number of hydrogen-bond acceptors (Lipinski definition) is 6. The van der Waals surface area contributed by atoms with Crippen molar-refractivity contribution in [3.8, 4) is 17.2 Å². The number of ether oxygens (including phenoxy) is 4. The summed E-state index contributed by atoms with van der Waals surface area (Å²) in [5, 5.41) is 2.69. The maximum Gasteiger partial charge on any atom is 0.306 e. The average Bonchev–Trinajstić information content (AvgIpc) is 2.72. The molecule has 0 aliphatic rings. The van der Waals surface area contributed by atoms with Gasteiger partial charge in [0.1, 0.15) is 17.2 Å². The van der Waals surface area contributed by atoms with Gasteiger partial charge in [-0.2, -0.15) is 0 Å². The summed E-state index contributed by atoms with van der Waals surface area (Å²) in [5.74, 6) is 1.09.